The minimum Gasteiger partial charge on any atom is -0.508 e. The molecule has 0 saturated heterocycles. The monoisotopic (exact) mass is 190 g/mol. The lowest BCUT2D eigenvalue weighted by Crippen LogP contribution is -1.90. The predicted molar refractivity (Wildman–Crippen MR) is 57.1 cm³/mol. The third kappa shape index (κ3) is 2.73. The first-order chi connectivity index (χ1) is 6.63. The number of carbonyl (C=O) groups is 1. The third-order valence-electron chi connectivity index (χ3n) is 2.05. The van der Waals surface area contributed by atoms with E-state index in [-0.39, 0.29) is 11.5 Å². The van der Waals surface area contributed by atoms with Crippen molar-refractivity contribution in [1.29, 1.82) is 0 Å². The molecular weight excluding hydrogens is 176 g/mol. The summed E-state index contributed by atoms with van der Waals surface area (Å²) in [6, 6.07) is 6.82. The first-order valence-corrected chi connectivity index (χ1v) is 4.64. The van der Waals surface area contributed by atoms with Crippen molar-refractivity contribution < 1.29 is 9.90 Å². The fraction of sp³-hybridized carbons (Fsp3) is 0.250. The molecule has 14 heavy (non-hydrogen) atoms. The summed E-state index contributed by atoms with van der Waals surface area (Å²) in [7, 11) is 0. The Kier molecular flexibility index (Phi) is 3.46. The van der Waals surface area contributed by atoms with E-state index in [2.05, 4.69) is 0 Å². The average Bonchev–Trinajstić information content (AvgIpc) is 2.18. The number of phenolic OH excluding ortho intramolecular Hbond substituents is 1. The van der Waals surface area contributed by atoms with Gasteiger partial charge in [0.15, 0.2) is 5.78 Å². The molecule has 0 fully saturated rings. The van der Waals surface area contributed by atoms with E-state index in [4.69, 9.17) is 5.11 Å². The van der Waals surface area contributed by atoms with Crippen LogP contribution in [0.4, 0.5) is 0 Å². The van der Waals surface area contributed by atoms with E-state index < -0.39 is 0 Å². The van der Waals surface area contributed by atoms with Crippen LogP contribution in [-0.2, 0) is 4.79 Å². The molecule has 0 unspecified atom stereocenters. The molecule has 1 rings (SSSR count). The molecule has 0 spiro atoms. The lowest BCUT2D eigenvalue weighted by Gasteiger charge is -2.00. The zero-order valence-corrected chi connectivity index (χ0v) is 8.45. The van der Waals surface area contributed by atoms with Crippen molar-refractivity contribution in [3.05, 3.63) is 35.9 Å². The summed E-state index contributed by atoms with van der Waals surface area (Å²) in [5.41, 5.74) is 1.89. The predicted octanol–water partition coefficient (Wildman–Crippen LogP) is 2.77. The summed E-state index contributed by atoms with van der Waals surface area (Å²) >= 11 is 0. The number of carbonyl (C=O) groups excluding carboxylic acids is 1. The maximum atomic E-state index is 11.1. The first kappa shape index (κ1) is 10.5. The minimum absolute atomic E-state index is 0.121. The van der Waals surface area contributed by atoms with E-state index >= 15 is 0 Å². The Morgan fingerprint density at radius 2 is 1.93 bits per heavy atom. The van der Waals surface area contributed by atoms with Gasteiger partial charge in [-0.15, -0.1) is 0 Å². The molecule has 0 saturated carbocycles. The minimum atomic E-state index is 0.121. The highest BCUT2D eigenvalue weighted by molar-refractivity contribution is 5.96. The van der Waals surface area contributed by atoms with Gasteiger partial charge in [0.05, 0.1) is 0 Å². The summed E-state index contributed by atoms with van der Waals surface area (Å²) in [6.07, 6.45) is 2.15. The largest absolute Gasteiger partial charge is 0.508 e. The molecule has 0 aliphatic rings. The van der Waals surface area contributed by atoms with Crippen LogP contribution in [0.25, 0.3) is 5.57 Å². The van der Waals surface area contributed by atoms with E-state index in [1.807, 2.05) is 13.8 Å². The van der Waals surface area contributed by atoms with Gasteiger partial charge in [-0.2, -0.15) is 0 Å². The van der Waals surface area contributed by atoms with Gasteiger partial charge >= 0.3 is 0 Å². The van der Waals surface area contributed by atoms with E-state index in [0.717, 1.165) is 11.1 Å². The van der Waals surface area contributed by atoms with Gasteiger partial charge in [-0.1, -0.05) is 19.1 Å². The van der Waals surface area contributed by atoms with Gasteiger partial charge in [-0.25, -0.2) is 0 Å². The van der Waals surface area contributed by atoms with Crippen molar-refractivity contribution in [3.63, 3.8) is 0 Å². The number of allylic oxidation sites excluding steroid dienone is 2. The zero-order valence-electron chi connectivity index (χ0n) is 8.45. The van der Waals surface area contributed by atoms with Crippen LogP contribution in [0.15, 0.2) is 30.3 Å². The van der Waals surface area contributed by atoms with E-state index in [0.29, 0.717) is 6.42 Å². The van der Waals surface area contributed by atoms with E-state index in [1.165, 1.54) is 0 Å². The molecule has 2 nitrogen and oxygen atoms in total. The number of hydrogen-bond donors (Lipinski definition) is 1. The van der Waals surface area contributed by atoms with Gasteiger partial charge in [-0.3, -0.25) is 4.79 Å². The van der Waals surface area contributed by atoms with Crippen LogP contribution in [0.3, 0.4) is 0 Å². The number of rotatable bonds is 3. The van der Waals surface area contributed by atoms with Crippen molar-refractivity contribution in [2.75, 3.05) is 0 Å². The third-order valence-corrected chi connectivity index (χ3v) is 2.05. The van der Waals surface area contributed by atoms with Crippen LogP contribution in [0.2, 0.25) is 0 Å². The topological polar surface area (TPSA) is 37.3 Å². The molecule has 1 aromatic carbocycles. The van der Waals surface area contributed by atoms with Crippen LogP contribution >= 0.6 is 0 Å². The highest BCUT2D eigenvalue weighted by atomic mass is 16.3. The van der Waals surface area contributed by atoms with Crippen LogP contribution < -0.4 is 0 Å². The molecule has 1 N–H and O–H groups in total. The Morgan fingerprint density at radius 3 is 2.43 bits per heavy atom. The zero-order chi connectivity index (χ0) is 10.6. The molecule has 74 valence electrons. The Balaban J connectivity index is 2.89. The second-order valence-corrected chi connectivity index (χ2v) is 3.19. The Labute approximate surface area is 83.9 Å². The van der Waals surface area contributed by atoms with Crippen molar-refractivity contribution >= 4 is 11.4 Å². The van der Waals surface area contributed by atoms with Gasteiger partial charge < -0.3 is 5.11 Å². The molecule has 0 bridgehead atoms. The van der Waals surface area contributed by atoms with E-state index in [9.17, 15) is 4.79 Å². The molecule has 0 radical (unpaired) electrons. The fourth-order valence-corrected chi connectivity index (χ4v) is 1.15. The number of benzene rings is 1. The molecule has 1 aromatic rings. The van der Waals surface area contributed by atoms with Crippen molar-refractivity contribution in [2.45, 2.75) is 20.3 Å². The summed E-state index contributed by atoms with van der Waals surface area (Å²) in [5, 5.41) is 9.08. The second-order valence-electron chi connectivity index (χ2n) is 3.19. The maximum absolute atomic E-state index is 11.1. The normalized spacial score (nSPS) is 11.4. The Morgan fingerprint density at radius 1 is 1.36 bits per heavy atom. The summed E-state index contributed by atoms with van der Waals surface area (Å²) in [6.45, 7) is 3.73. The molecule has 0 atom stereocenters. The number of phenols is 1. The number of aromatic hydroxyl groups is 1. The quantitative estimate of drug-likeness (QED) is 0.744. The van der Waals surface area contributed by atoms with Gasteiger partial charge in [0.1, 0.15) is 5.75 Å². The average molecular weight is 190 g/mol. The van der Waals surface area contributed by atoms with Gasteiger partial charge in [0.25, 0.3) is 0 Å². The maximum Gasteiger partial charge on any atom is 0.155 e. The Bertz CT molecular complexity index is 347. The molecule has 0 aliphatic heterocycles. The lowest BCUT2D eigenvalue weighted by molar-refractivity contribution is -0.114. The number of ketones is 1. The van der Waals surface area contributed by atoms with Crippen LogP contribution in [0, 0.1) is 0 Å². The molecule has 0 amide bonds. The molecule has 0 heterocycles. The first-order valence-electron chi connectivity index (χ1n) is 4.64. The summed E-state index contributed by atoms with van der Waals surface area (Å²) in [4.78, 5) is 11.1. The second kappa shape index (κ2) is 4.61. The molecule has 0 aliphatic carbocycles. The van der Waals surface area contributed by atoms with Crippen molar-refractivity contribution in [3.8, 4) is 5.75 Å². The summed E-state index contributed by atoms with van der Waals surface area (Å²) < 4.78 is 0. The highest BCUT2D eigenvalue weighted by Crippen LogP contribution is 2.17. The smallest absolute Gasteiger partial charge is 0.155 e. The standard InChI is InChI=1S/C12H14O2/c1-3-11(13)8-9(2)10-4-6-12(14)7-5-10/h4-8,14H,3H2,1-2H3/b9-8-. The van der Waals surface area contributed by atoms with Gasteiger partial charge in [-0.05, 0) is 36.3 Å². The van der Waals surface area contributed by atoms with Gasteiger partial charge in [0.2, 0.25) is 0 Å². The van der Waals surface area contributed by atoms with Gasteiger partial charge in [0, 0.05) is 6.42 Å². The lowest BCUT2D eigenvalue weighted by atomic mass is 10.1. The molecular formula is C12H14O2. The van der Waals surface area contributed by atoms with Crippen LogP contribution in [-0.4, -0.2) is 10.9 Å². The highest BCUT2D eigenvalue weighted by Gasteiger charge is 1.98. The molecule has 0 aromatic heterocycles. The SMILES string of the molecule is CCC(=O)/C=C(/C)c1ccc(O)cc1. The van der Waals surface area contributed by atoms with Crippen molar-refractivity contribution in [2.24, 2.45) is 0 Å². The Hall–Kier alpha value is -1.57. The molecule has 2 heteroatoms. The number of hydrogen-bond acceptors (Lipinski definition) is 2. The van der Waals surface area contributed by atoms with Crippen LogP contribution in [0.1, 0.15) is 25.8 Å². The van der Waals surface area contributed by atoms with Crippen molar-refractivity contribution in [1.82, 2.24) is 0 Å². The van der Waals surface area contributed by atoms with E-state index in [1.54, 1.807) is 30.3 Å². The summed E-state index contributed by atoms with van der Waals surface area (Å²) in [5.74, 6) is 0.360. The van der Waals surface area contributed by atoms with Crippen LogP contribution in [0.5, 0.6) is 5.75 Å². The fourth-order valence-electron chi connectivity index (χ4n) is 1.15.